The Labute approximate surface area is 168 Å². The summed E-state index contributed by atoms with van der Waals surface area (Å²) >= 11 is 7.37. The van der Waals surface area contributed by atoms with Gasteiger partial charge in [0.15, 0.2) is 0 Å². The van der Waals surface area contributed by atoms with Crippen LogP contribution in [0, 0.1) is 0 Å². The number of nitrogens with zero attached hydrogens (tertiary/aromatic N) is 2. The largest absolute Gasteiger partial charge is 0.397 e. The van der Waals surface area contributed by atoms with E-state index in [2.05, 4.69) is 6.92 Å². The lowest BCUT2D eigenvalue weighted by Gasteiger charge is -2.35. The first-order chi connectivity index (χ1) is 13.1. The van der Waals surface area contributed by atoms with Gasteiger partial charge in [0.1, 0.15) is 9.71 Å². The smallest absolute Gasteiger partial charge is 0.266 e. The number of carbonyl (C=O) groups is 1. The number of hydrogen-bond acceptors (Lipinski definition) is 4. The quantitative estimate of drug-likeness (QED) is 0.623. The molecule has 1 aliphatic heterocycles. The summed E-state index contributed by atoms with van der Waals surface area (Å²) in [6, 6.07) is 11.8. The van der Waals surface area contributed by atoms with Crippen molar-refractivity contribution in [2.75, 3.05) is 12.3 Å². The molecule has 0 bridgehead atoms. The van der Waals surface area contributed by atoms with Crippen molar-refractivity contribution in [2.45, 2.75) is 38.6 Å². The van der Waals surface area contributed by atoms with Crippen molar-refractivity contribution in [3.8, 4) is 11.3 Å². The summed E-state index contributed by atoms with van der Waals surface area (Å²) in [7, 11) is 0. The van der Waals surface area contributed by atoms with Crippen LogP contribution in [-0.2, 0) is 0 Å². The van der Waals surface area contributed by atoms with Crippen molar-refractivity contribution >= 4 is 44.7 Å². The van der Waals surface area contributed by atoms with Gasteiger partial charge in [-0.15, -0.1) is 11.3 Å². The van der Waals surface area contributed by atoms with Crippen LogP contribution in [0.3, 0.4) is 0 Å². The third kappa shape index (κ3) is 3.42. The van der Waals surface area contributed by atoms with Crippen molar-refractivity contribution < 1.29 is 4.79 Å². The lowest BCUT2D eigenvalue weighted by Crippen LogP contribution is -2.43. The maximum absolute atomic E-state index is 13.2. The second kappa shape index (κ2) is 7.49. The summed E-state index contributed by atoms with van der Waals surface area (Å²) in [6.45, 7) is 2.96. The van der Waals surface area contributed by atoms with Gasteiger partial charge in [0.05, 0.1) is 11.4 Å². The zero-order chi connectivity index (χ0) is 19.0. The van der Waals surface area contributed by atoms with Crippen LogP contribution in [-0.4, -0.2) is 28.4 Å². The van der Waals surface area contributed by atoms with E-state index in [-0.39, 0.29) is 5.91 Å². The van der Waals surface area contributed by atoms with Crippen molar-refractivity contribution in [1.82, 2.24) is 9.88 Å². The maximum atomic E-state index is 13.2. The van der Waals surface area contributed by atoms with E-state index in [0.29, 0.717) is 21.6 Å². The molecule has 1 fully saturated rings. The van der Waals surface area contributed by atoms with Crippen molar-refractivity contribution in [2.24, 2.45) is 0 Å². The predicted octanol–water partition coefficient (Wildman–Crippen LogP) is 5.60. The number of hydrogen-bond donors (Lipinski definition) is 1. The molecule has 1 aliphatic rings. The molecule has 1 atom stereocenters. The molecule has 3 heterocycles. The summed E-state index contributed by atoms with van der Waals surface area (Å²) in [5.41, 5.74) is 8.74. The fourth-order valence-electron chi connectivity index (χ4n) is 3.76. The predicted molar refractivity (Wildman–Crippen MR) is 113 cm³/mol. The number of pyridine rings is 1. The Hall–Kier alpha value is -2.11. The number of benzene rings is 1. The van der Waals surface area contributed by atoms with Gasteiger partial charge in [0.2, 0.25) is 0 Å². The highest BCUT2D eigenvalue weighted by atomic mass is 35.5. The summed E-state index contributed by atoms with van der Waals surface area (Å²) in [6.07, 6.45) is 4.31. The Morgan fingerprint density at radius 1 is 1.26 bits per heavy atom. The molecule has 0 spiro atoms. The maximum Gasteiger partial charge on any atom is 0.266 e. The average Bonchev–Trinajstić information content (AvgIpc) is 3.04. The summed E-state index contributed by atoms with van der Waals surface area (Å²) in [5.74, 6) is 0.0510. The number of carbonyl (C=O) groups excluding carboxylic acids is 1. The van der Waals surface area contributed by atoms with Gasteiger partial charge in [-0.25, -0.2) is 4.98 Å². The number of nitrogen functional groups attached to an aromatic ring is 1. The molecule has 140 valence electrons. The molecule has 3 aromatic rings. The molecule has 2 aromatic heterocycles. The van der Waals surface area contributed by atoms with E-state index >= 15 is 0 Å². The van der Waals surface area contributed by atoms with Gasteiger partial charge >= 0.3 is 0 Å². The van der Waals surface area contributed by atoms with E-state index in [0.717, 1.165) is 47.3 Å². The second-order valence-corrected chi connectivity index (χ2v) is 8.39. The van der Waals surface area contributed by atoms with Gasteiger partial charge in [-0.3, -0.25) is 4.79 Å². The number of fused-ring (bicyclic) bond motifs is 1. The Morgan fingerprint density at radius 2 is 2.04 bits per heavy atom. The van der Waals surface area contributed by atoms with Crippen LogP contribution in [0.25, 0.3) is 21.5 Å². The molecule has 6 heteroatoms. The minimum Gasteiger partial charge on any atom is -0.397 e. The van der Waals surface area contributed by atoms with E-state index in [1.807, 2.05) is 41.3 Å². The normalized spacial score (nSPS) is 17.4. The highest BCUT2D eigenvalue weighted by Gasteiger charge is 2.29. The summed E-state index contributed by atoms with van der Waals surface area (Å²) < 4.78 is 0. The monoisotopic (exact) mass is 399 g/mol. The highest BCUT2D eigenvalue weighted by molar-refractivity contribution is 7.21. The van der Waals surface area contributed by atoms with Crippen LogP contribution >= 0.6 is 22.9 Å². The van der Waals surface area contributed by atoms with Gasteiger partial charge in [0.25, 0.3) is 5.91 Å². The highest BCUT2D eigenvalue weighted by Crippen LogP contribution is 2.36. The molecule has 27 heavy (non-hydrogen) atoms. The van der Waals surface area contributed by atoms with E-state index < -0.39 is 0 Å². The van der Waals surface area contributed by atoms with Gasteiger partial charge in [0, 0.05) is 28.6 Å². The van der Waals surface area contributed by atoms with Crippen molar-refractivity contribution in [3.05, 3.63) is 46.3 Å². The Bertz CT molecular complexity index is 983. The average molecular weight is 400 g/mol. The molecular formula is C21H22ClN3OS. The number of anilines is 1. The Balaban J connectivity index is 1.71. The second-order valence-electron chi connectivity index (χ2n) is 6.96. The molecule has 0 aliphatic carbocycles. The number of thiophene rings is 1. The number of nitrogens with two attached hydrogens (primary N) is 1. The molecule has 1 unspecified atom stereocenters. The topological polar surface area (TPSA) is 59.2 Å². The zero-order valence-electron chi connectivity index (χ0n) is 15.2. The van der Waals surface area contributed by atoms with E-state index in [1.54, 1.807) is 0 Å². The number of likely N-dealkylation sites (tertiary alicyclic amines) is 1. The van der Waals surface area contributed by atoms with Crippen LogP contribution in [0.5, 0.6) is 0 Å². The summed E-state index contributed by atoms with van der Waals surface area (Å²) in [4.78, 5) is 21.3. The van der Waals surface area contributed by atoms with Gasteiger partial charge in [-0.05, 0) is 49.9 Å². The standard InChI is InChI=1S/C21H22ClN3OS/c1-2-15-5-3-4-12-25(15)21(26)19-18(23)16-10-11-17(24-20(16)27-19)13-6-8-14(22)9-7-13/h6-11,15H,2-5,12,23H2,1H3. The van der Waals surface area contributed by atoms with Crippen LogP contribution in [0.4, 0.5) is 5.69 Å². The minimum atomic E-state index is 0.0510. The molecule has 0 radical (unpaired) electrons. The molecular weight excluding hydrogens is 378 g/mol. The lowest BCUT2D eigenvalue weighted by atomic mass is 9.99. The first kappa shape index (κ1) is 18.3. The number of halogens is 1. The molecule has 0 saturated carbocycles. The Morgan fingerprint density at radius 3 is 2.78 bits per heavy atom. The lowest BCUT2D eigenvalue weighted by molar-refractivity contribution is 0.0614. The first-order valence-electron chi connectivity index (χ1n) is 9.34. The van der Waals surface area contributed by atoms with E-state index in [1.165, 1.54) is 17.8 Å². The Kier molecular flexibility index (Phi) is 5.06. The number of amides is 1. The van der Waals surface area contributed by atoms with Crippen molar-refractivity contribution in [3.63, 3.8) is 0 Å². The molecule has 1 aromatic carbocycles. The fourth-order valence-corrected chi connectivity index (χ4v) is 4.94. The number of rotatable bonds is 3. The molecule has 4 rings (SSSR count). The molecule has 4 nitrogen and oxygen atoms in total. The number of piperidine rings is 1. The first-order valence-corrected chi connectivity index (χ1v) is 10.5. The van der Waals surface area contributed by atoms with Gasteiger partial charge < -0.3 is 10.6 Å². The minimum absolute atomic E-state index is 0.0510. The van der Waals surface area contributed by atoms with E-state index in [9.17, 15) is 4.79 Å². The van der Waals surface area contributed by atoms with Crippen LogP contribution in [0.1, 0.15) is 42.3 Å². The third-order valence-corrected chi connectivity index (χ3v) is 6.64. The van der Waals surface area contributed by atoms with Crippen LogP contribution < -0.4 is 5.73 Å². The third-order valence-electron chi connectivity index (χ3n) is 5.29. The van der Waals surface area contributed by atoms with Gasteiger partial charge in [-0.2, -0.15) is 0 Å². The SMILES string of the molecule is CCC1CCCCN1C(=O)c1sc2nc(-c3ccc(Cl)cc3)ccc2c1N. The summed E-state index contributed by atoms with van der Waals surface area (Å²) in [5, 5.41) is 1.55. The zero-order valence-corrected chi connectivity index (χ0v) is 16.8. The van der Waals surface area contributed by atoms with Crippen LogP contribution in [0.15, 0.2) is 36.4 Å². The van der Waals surface area contributed by atoms with Crippen molar-refractivity contribution in [1.29, 1.82) is 0 Å². The van der Waals surface area contributed by atoms with Crippen LogP contribution in [0.2, 0.25) is 5.02 Å². The molecule has 1 amide bonds. The van der Waals surface area contributed by atoms with Gasteiger partial charge in [-0.1, -0.05) is 30.7 Å². The van der Waals surface area contributed by atoms with E-state index in [4.69, 9.17) is 22.3 Å². The molecule has 2 N–H and O–H groups in total. The molecule has 1 saturated heterocycles. The number of aromatic nitrogens is 1. The fraction of sp³-hybridized carbons (Fsp3) is 0.333.